The van der Waals surface area contributed by atoms with Crippen LogP contribution in [0, 0.1) is 11.6 Å². The van der Waals surface area contributed by atoms with Crippen LogP contribution in [0.25, 0.3) is 11.3 Å². The molecule has 0 saturated heterocycles. The molecule has 4 aromatic rings. The highest BCUT2D eigenvalue weighted by atomic mass is 35.5. The molecule has 0 unspecified atom stereocenters. The van der Waals surface area contributed by atoms with Crippen LogP contribution in [0.5, 0.6) is 0 Å². The number of halogens is 4. The van der Waals surface area contributed by atoms with Gasteiger partial charge >= 0.3 is 0 Å². The molecule has 0 saturated carbocycles. The van der Waals surface area contributed by atoms with Crippen molar-refractivity contribution >= 4 is 38.1 Å². The van der Waals surface area contributed by atoms with Crippen LogP contribution in [0.1, 0.15) is 10.6 Å². The molecule has 0 aliphatic rings. The maximum Gasteiger partial charge on any atom is 0.209 e. The smallest absolute Gasteiger partial charge is 0.209 e. The van der Waals surface area contributed by atoms with Gasteiger partial charge in [-0.15, -0.1) is 0 Å². The van der Waals surface area contributed by atoms with Crippen molar-refractivity contribution in [1.82, 2.24) is 0 Å². The average Bonchev–Trinajstić information content (AvgIpc) is 3.24. The van der Waals surface area contributed by atoms with E-state index in [9.17, 15) is 17.8 Å². The molecule has 3 nitrogen and oxygen atoms in total. The van der Waals surface area contributed by atoms with E-state index in [0.29, 0.717) is 19.8 Å². The van der Waals surface area contributed by atoms with E-state index >= 15 is 0 Å². The van der Waals surface area contributed by atoms with Gasteiger partial charge in [0.15, 0.2) is 5.76 Å². The topological polar surface area (TPSA) is 47.3 Å². The second-order valence-electron chi connectivity index (χ2n) is 7.80. The fraction of sp³-hybridized carbons (Fsp3) is 0.0800. The lowest BCUT2D eigenvalue weighted by Gasteiger charge is -2.38. The van der Waals surface area contributed by atoms with Gasteiger partial charge in [-0.2, -0.15) is 0 Å². The number of hydrogen-bond acceptors (Lipinski definition) is 3. The molecule has 1 heterocycles. The Bertz CT molecular complexity index is 1360. The Morgan fingerprint density at radius 2 is 1.39 bits per heavy atom. The standard InChI is InChI=1S/C25H18Cl2F2O3S/c1-33(31,19-7-2-16(26)3-8-19,20-9-4-17(27)5-10-20)15-23(30)25-13-12-24(32-25)21-11-6-18(28)14-22(21)29/h2-14H,15H2,1H3. The molecule has 4 rings (SSSR count). The second-order valence-corrected chi connectivity index (χ2v) is 13.0. The number of rotatable bonds is 6. The van der Waals surface area contributed by atoms with Gasteiger partial charge < -0.3 is 4.42 Å². The number of furan rings is 1. The second kappa shape index (κ2) is 8.52. The molecule has 0 fully saturated rings. The predicted molar refractivity (Wildman–Crippen MR) is 127 cm³/mol. The van der Waals surface area contributed by atoms with E-state index in [1.807, 2.05) is 0 Å². The number of carbonyl (C=O) groups excluding carboxylic acids is 1. The largest absolute Gasteiger partial charge is 0.453 e. The number of ketones is 1. The Morgan fingerprint density at radius 1 is 0.848 bits per heavy atom. The van der Waals surface area contributed by atoms with Crippen LogP contribution in [-0.4, -0.2) is 22.0 Å². The highest BCUT2D eigenvalue weighted by Crippen LogP contribution is 2.42. The summed E-state index contributed by atoms with van der Waals surface area (Å²) in [4.78, 5) is 14.1. The van der Waals surface area contributed by atoms with Crippen molar-refractivity contribution in [3.8, 4) is 11.3 Å². The summed E-state index contributed by atoms with van der Waals surface area (Å²) in [6.45, 7) is 0. The Labute approximate surface area is 199 Å². The maximum atomic E-state index is 14.7. The summed E-state index contributed by atoms with van der Waals surface area (Å²) in [5.74, 6) is -2.49. The fourth-order valence-corrected chi connectivity index (χ4v) is 6.92. The molecule has 8 heteroatoms. The first-order valence-corrected chi connectivity index (χ1v) is 13.1. The summed E-state index contributed by atoms with van der Waals surface area (Å²) < 4.78 is 47.7. The van der Waals surface area contributed by atoms with Crippen molar-refractivity contribution in [1.29, 1.82) is 0 Å². The summed E-state index contributed by atoms with van der Waals surface area (Å²) in [6, 6.07) is 18.8. The van der Waals surface area contributed by atoms with Crippen LogP contribution >= 0.6 is 23.2 Å². The molecule has 0 N–H and O–H groups in total. The van der Waals surface area contributed by atoms with Gasteiger partial charge in [0.1, 0.15) is 17.4 Å². The molecule has 0 amide bonds. The minimum absolute atomic E-state index is 0.0139. The van der Waals surface area contributed by atoms with Crippen LogP contribution in [0.4, 0.5) is 8.78 Å². The van der Waals surface area contributed by atoms with Crippen molar-refractivity contribution in [3.63, 3.8) is 0 Å². The lowest BCUT2D eigenvalue weighted by molar-refractivity contribution is 0.0991. The third-order valence-electron chi connectivity index (χ3n) is 5.42. The van der Waals surface area contributed by atoms with E-state index in [2.05, 4.69) is 0 Å². The molecule has 170 valence electrons. The highest BCUT2D eigenvalue weighted by molar-refractivity contribution is 8.20. The summed E-state index contributed by atoms with van der Waals surface area (Å²) in [7, 11) is -3.97. The van der Waals surface area contributed by atoms with Crippen molar-refractivity contribution in [2.45, 2.75) is 9.79 Å². The fourth-order valence-electron chi connectivity index (χ4n) is 3.59. The minimum atomic E-state index is -3.97. The number of hydrogen-bond donors (Lipinski definition) is 0. The van der Waals surface area contributed by atoms with E-state index in [1.54, 1.807) is 48.5 Å². The van der Waals surface area contributed by atoms with Gasteiger partial charge in [0.25, 0.3) is 0 Å². The third-order valence-corrected chi connectivity index (χ3v) is 9.89. The van der Waals surface area contributed by atoms with E-state index in [1.165, 1.54) is 24.5 Å². The monoisotopic (exact) mass is 506 g/mol. The number of benzene rings is 3. The highest BCUT2D eigenvalue weighted by Gasteiger charge is 2.39. The maximum absolute atomic E-state index is 14.7. The minimum Gasteiger partial charge on any atom is -0.453 e. The zero-order valence-corrected chi connectivity index (χ0v) is 19.7. The molecule has 1 aromatic heterocycles. The van der Waals surface area contributed by atoms with Gasteiger partial charge in [-0.1, -0.05) is 23.2 Å². The van der Waals surface area contributed by atoms with Crippen LogP contribution in [0.2, 0.25) is 10.0 Å². The van der Waals surface area contributed by atoms with Crippen molar-refractivity contribution < 1.29 is 22.2 Å². The van der Waals surface area contributed by atoms with Crippen molar-refractivity contribution in [2.24, 2.45) is 0 Å². The molecular formula is C25H18Cl2F2O3S. The molecule has 0 spiro atoms. The first-order valence-electron chi connectivity index (χ1n) is 9.79. The molecule has 0 atom stereocenters. The zero-order valence-electron chi connectivity index (χ0n) is 17.4. The van der Waals surface area contributed by atoms with E-state index in [-0.39, 0.29) is 22.8 Å². The number of Topliss-reactive ketones (excluding diaryl/α,β-unsaturated/α-hetero) is 1. The average molecular weight is 507 g/mol. The van der Waals surface area contributed by atoms with Crippen LogP contribution in [-0.2, 0) is 9.07 Å². The van der Waals surface area contributed by atoms with Crippen LogP contribution in [0.15, 0.2) is 93.1 Å². The SMILES string of the molecule is CS(=O)(CC(=O)c1ccc(-c2ccc(F)cc2F)o1)(c1ccc(Cl)cc1)c1ccc(Cl)cc1. The normalized spacial score (nSPS) is 12.8. The molecule has 0 radical (unpaired) electrons. The van der Waals surface area contributed by atoms with Gasteiger partial charge in [-0.25, -0.2) is 8.78 Å². The van der Waals surface area contributed by atoms with E-state index < -0.39 is 26.5 Å². The summed E-state index contributed by atoms with van der Waals surface area (Å²) in [5.41, 5.74) is 0.0139. The van der Waals surface area contributed by atoms with Gasteiger partial charge in [-0.3, -0.25) is 9.00 Å². The van der Waals surface area contributed by atoms with Gasteiger partial charge in [0, 0.05) is 32.2 Å². The molecule has 0 aliphatic heterocycles. The van der Waals surface area contributed by atoms with Crippen molar-refractivity contribution in [2.75, 3.05) is 12.0 Å². The molecule has 0 bridgehead atoms. The Hall–Kier alpha value is -2.80. The lowest BCUT2D eigenvalue weighted by atomic mass is 10.1. The zero-order chi connectivity index (χ0) is 23.8. The lowest BCUT2D eigenvalue weighted by Crippen LogP contribution is -2.39. The van der Waals surface area contributed by atoms with E-state index in [4.69, 9.17) is 27.6 Å². The van der Waals surface area contributed by atoms with E-state index in [0.717, 1.165) is 12.1 Å². The van der Waals surface area contributed by atoms with Crippen LogP contribution < -0.4 is 0 Å². The Balaban J connectivity index is 1.75. The van der Waals surface area contributed by atoms with Gasteiger partial charge in [0.05, 0.1) is 11.3 Å². The number of carbonyl (C=O) groups is 1. The Morgan fingerprint density at radius 3 is 1.91 bits per heavy atom. The van der Waals surface area contributed by atoms with Gasteiger partial charge in [0.2, 0.25) is 5.78 Å². The first kappa shape index (κ1) is 23.4. The first-order chi connectivity index (χ1) is 15.6. The molecular weight excluding hydrogens is 489 g/mol. The molecule has 3 aromatic carbocycles. The quantitative estimate of drug-likeness (QED) is 0.258. The van der Waals surface area contributed by atoms with Crippen LogP contribution in [0.3, 0.4) is 0 Å². The summed E-state index contributed by atoms with van der Waals surface area (Å²) in [6.07, 6.45) is 1.53. The van der Waals surface area contributed by atoms with Crippen molar-refractivity contribution in [3.05, 3.63) is 106 Å². The third kappa shape index (κ3) is 4.51. The predicted octanol–water partition coefficient (Wildman–Crippen LogP) is 7.28. The van der Waals surface area contributed by atoms with Gasteiger partial charge in [-0.05, 0) is 81.9 Å². The molecule has 0 aliphatic carbocycles. The molecule has 33 heavy (non-hydrogen) atoms. The summed E-state index contributed by atoms with van der Waals surface area (Å²) in [5, 5.41) is 0.931. The Kier molecular flexibility index (Phi) is 6.03. The summed E-state index contributed by atoms with van der Waals surface area (Å²) >= 11 is 12.0.